The lowest BCUT2D eigenvalue weighted by Crippen LogP contribution is -1.94. The largest absolute Gasteiger partial charge is 0.455 e. The monoisotopic (exact) mass is 510 g/mol. The van der Waals surface area contributed by atoms with E-state index in [2.05, 4.69) is 132 Å². The Labute approximate surface area is 229 Å². The molecule has 9 aromatic rings. The molecule has 3 nitrogen and oxygen atoms in total. The summed E-state index contributed by atoms with van der Waals surface area (Å²) in [7, 11) is 0. The summed E-state index contributed by atoms with van der Waals surface area (Å²) in [4.78, 5) is 4.98. The summed E-state index contributed by atoms with van der Waals surface area (Å²) in [6, 6.07) is 45.0. The molecular weight excluding hydrogens is 488 g/mol. The summed E-state index contributed by atoms with van der Waals surface area (Å²) in [5.74, 6) is 0. The Morgan fingerprint density at radius 2 is 1.18 bits per heavy atom. The van der Waals surface area contributed by atoms with Crippen LogP contribution in [-0.2, 0) is 0 Å². The van der Waals surface area contributed by atoms with E-state index >= 15 is 0 Å². The number of benzene rings is 6. The molecular formula is C37H22N2O. The molecule has 0 radical (unpaired) electrons. The third kappa shape index (κ3) is 2.92. The van der Waals surface area contributed by atoms with Crippen molar-refractivity contribution in [2.45, 2.75) is 0 Å². The van der Waals surface area contributed by atoms with Crippen LogP contribution in [0.5, 0.6) is 0 Å². The summed E-state index contributed by atoms with van der Waals surface area (Å²) in [5, 5.41) is 9.37. The molecule has 0 unspecified atom stereocenters. The zero-order valence-electron chi connectivity index (χ0n) is 21.5. The Morgan fingerprint density at radius 3 is 2.10 bits per heavy atom. The zero-order valence-corrected chi connectivity index (χ0v) is 21.5. The number of hydrogen-bond acceptors (Lipinski definition) is 2. The van der Waals surface area contributed by atoms with Gasteiger partial charge in [0.1, 0.15) is 11.2 Å². The molecule has 0 atom stereocenters. The Balaban J connectivity index is 1.33. The third-order valence-corrected chi connectivity index (χ3v) is 8.23. The second-order valence-electron chi connectivity index (χ2n) is 10.4. The molecule has 9 rings (SSSR count). The van der Waals surface area contributed by atoms with Gasteiger partial charge in [0, 0.05) is 44.4 Å². The van der Waals surface area contributed by atoms with E-state index in [4.69, 9.17) is 9.40 Å². The molecule has 0 saturated heterocycles. The number of hydrogen-bond donors (Lipinski definition) is 0. The first kappa shape index (κ1) is 21.5. The lowest BCUT2D eigenvalue weighted by Gasteiger charge is -2.08. The molecule has 3 aromatic heterocycles. The van der Waals surface area contributed by atoms with Crippen molar-refractivity contribution in [1.29, 1.82) is 0 Å². The smallest absolute Gasteiger partial charge is 0.144 e. The van der Waals surface area contributed by atoms with Crippen molar-refractivity contribution in [2.75, 3.05) is 0 Å². The summed E-state index contributed by atoms with van der Waals surface area (Å²) < 4.78 is 9.07. The van der Waals surface area contributed by atoms with Gasteiger partial charge in [-0.15, -0.1) is 0 Å². The van der Waals surface area contributed by atoms with Crippen LogP contribution in [0.1, 0.15) is 0 Å². The molecule has 40 heavy (non-hydrogen) atoms. The zero-order chi connectivity index (χ0) is 26.2. The van der Waals surface area contributed by atoms with Gasteiger partial charge in [0.25, 0.3) is 0 Å². The van der Waals surface area contributed by atoms with E-state index in [9.17, 15) is 0 Å². The minimum atomic E-state index is 0.868. The maximum atomic E-state index is 6.74. The SMILES string of the molecule is c1ccc(-n2c3ccccc3c3cnc(-c4cccc5c4oc4c5ccc5c6ccccc6ccc54)cc32)cc1. The van der Waals surface area contributed by atoms with Crippen LogP contribution in [0.3, 0.4) is 0 Å². The number of furan rings is 1. The molecule has 3 heteroatoms. The molecule has 3 heterocycles. The van der Waals surface area contributed by atoms with E-state index in [-0.39, 0.29) is 0 Å². The molecule has 0 saturated carbocycles. The minimum absolute atomic E-state index is 0.868. The number of nitrogens with zero attached hydrogens (tertiary/aromatic N) is 2. The first-order valence-electron chi connectivity index (χ1n) is 13.6. The first-order valence-corrected chi connectivity index (χ1v) is 13.6. The van der Waals surface area contributed by atoms with E-state index in [1.54, 1.807) is 0 Å². The summed E-state index contributed by atoms with van der Waals surface area (Å²) in [5.41, 5.74) is 7.11. The normalized spacial score (nSPS) is 12.0. The van der Waals surface area contributed by atoms with Crippen molar-refractivity contribution in [1.82, 2.24) is 9.55 Å². The molecule has 0 N–H and O–H groups in total. The molecule has 0 aliphatic heterocycles. The highest BCUT2D eigenvalue weighted by atomic mass is 16.3. The summed E-state index contributed by atoms with van der Waals surface area (Å²) in [6.07, 6.45) is 2.01. The molecule has 0 spiro atoms. The lowest BCUT2D eigenvalue weighted by molar-refractivity contribution is 0.673. The van der Waals surface area contributed by atoms with Crippen LogP contribution in [0.2, 0.25) is 0 Å². The fourth-order valence-electron chi connectivity index (χ4n) is 6.41. The van der Waals surface area contributed by atoms with E-state index in [1.165, 1.54) is 27.1 Å². The van der Waals surface area contributed by atoms with E-state index < -0.39 is 0 Å². The van der Waals surface area contributed by atoms with Gasteiger partial charge in [0.05, 0.1) is 16.7 Å². The molecule has 0 fully saturated rings. The predicted molar refractivity (Wildman–Crippen MR) is 166 cm³/mol. The highest BCUT2D eigenvalue weighted by Gasteiger charge is 2.18. The minimum Gasteiger partial charge on any atom is -0.455 e. The maximum Gasteiger partial charge on any atom is 0.144 e. The number of rotatable bonds is 2. The van der Waals surface area contributed by atoms with E-state index in [0.717, 1.165) is 55.2 Å². The van der Waals surface area contributed by atoms with Gasteiger partial charge in [0.15, 0.2) is 0 Å². The van der Waals surface area contributed by atoms with Crippen molar-refractivity contribution >= 4 is 65.3 Å². The fourth-order valence-corrected chi connectivity index (χ4v) is 6.41. The summed E-state index contributed by atoms with van der Waals surface area (Å²) in [6.45, 7) is 0. The van der Waals surface area contributed by atoms with Gasteiger partial charge in [0.2, 0.25) is 0 Å². The van der Waals surface area contributed by atoms with Gasteiger partial charge >= 0.3 is 0 Å². The topological polar surface area (TPSA) is 31.0 Å². The molecule has 0 amide bonds. The first-order chi connectivity index (χ1) is 19.8. The lowest BCUT2D eigenvalue weighted by atomic mass is 9.99. The second kappa shape index (κ2) is 8.05. The van der Waals surface area contributed by atoms with Crippen molar-refractivity contribution < 1.29 is 4.42 Å². The van der Waals surface area contributed by atoms with Gasteiger partial charge in [-0.1, -0.05) is 84.9 Å². The van der Waals surface area contributed by atoms with Crippen LogP contribution in [0.4, 0.5) is 0 Å². The van der Waals surface area contributed by atoms with Crippen LogP contribution in [0.15, 0.2) is 138 Å². The van der Waals surface area contributed by atoms with Crippen LogP contribution in [-0.4, -0.2) is 9.55 Å². The van der Waals surface area contributed by atoms with Crippen LogP contribution in [0.25, 0.3) is 82.2 Å². The number of aromatic nitrogens is 2. The average molecular weight is 511 g/mol. The Bertz CT molecular complexity index is 2430. The summed E-state index contributed by atoms with van der Waals surface area (Å²) >= 11 is 0. The van der Waals surface area contributed by atoms with Crippen LogP contribution < -0.4 is 0 Å². The van der Waals surface area contributed by atoms with E-state index in [1.807, 2.05) is 6.20 Å². The highest BCUT2D eigenvalue weighted by Crippen LogP contribution is 2.41. The number of pyridine rings is 1. The van der Waals surface area contributed by atoms with Crippen LogP contribution in [0, 0.1) is 0 Å². The highest BCUT2D eigenvalue weighted by molar-refractivity contribution is 6.21. The van der Waals surface area contributed by atoms with Gasteiger partial charge in [-0.3, -0.25) is 4.98 Å². The Morgan fingerprint density at radius 1 is 0.475 bits per heavy atom. The number of fused-ring (bicyclic) bond motifs is 10. The molecule has 0 bridgehead atoms. The maximum absolute atomic E-state index is 6.74. The van der Waals surface area contributed by atoms with Crippen molar-refractivity contribution in [3.8, 4) is 16.9 Å². The quantitative estimate of drug-likeness (QED) is 0.217. The van der Waals surface area contributed by atoms with Gasteiger partial charge in [-0.2, -0.15) is 0 Å². The van der Waals surface area contributed by atoms with Crippen molar-refractivity contribution in [2.24, 2.45) is 0 Å². The van der Waals surface area contributed by atoms with Crippen molar-refractivity contribution in [3.05, 3.63) is 134 Å². The third-order valence-electron chi connectivity index (χ3n) is 8.23. The van der Waals surface area contributed by atoms with Gasteiger partial charge in [-0.25, -0.2) is 0 Å². The fraction of sp³-hybridized carbons (Fsp3) is 0. The molecule has 0 aliphatic rings. The second-order valence-corrected chi connectivity index (χ2v) is 10.4. The molecule has 6 aromatic carbocycles. The standard InChI is InChI=1S/C37H22N2O/c1-2-10-24(11-3-1)39-34-16-7-6-13-27(34)32-22-38-33(21-35(32)39)31-15-8-14-28-30-20-19-26-25-12-5-4-9-23(25)17-18-29(26)36(30)40-37(28)31/h1-22H. The van der Waals surface area contributed by atoms with Gasteiger partial charge in [-0.05, 0) is 58.6 Å². The Kier molecular flexibility index (Phi) is 4.33. The average Bonchev–Trinajstić information content (AvgIpc) is 3.57. The Hall–Kier alpha value is -5.41. The molecule has 186 valence electrons. The van der Waals surface area contributed by atoms with Gasteiger partial charge < -0.3 is 8.98 Å². The number of para-hydroxylation sites is 3. The van der Waals surface area contributed by atoms with Crippen molar-refractivity contribution in [3.63, 3.8) is 0 Å². The van der Waals surface area contributed by atoms with E-state index in [0.29, 0.717) is 0 Å². The molecule has 0 aliphatic carbocycles. The van der Waals surface area contributed by atoms with Crippen LogP contribution >= 0.6 is 0 Å². The predicted octanol–water partition coefficient (Wildman–Crippen LogP) is 10.1.